The normalized spacial score (nSPS) is 14.9. The maximum atomic E-state index is 14.1. The summed E-state index contributed by atoms with van der Waals surface area (Å²) in [6.07, 6.45) is 1.31. The molecule has 33 heavy (non-hydrogen) atoms. The van der Waals surface area contributed by atoms with Gasteiger partial charge in [0.1, 0.15) is 12.1 Å². The van der Waals surface area contributed by atoms with Crippen LogP contribution in [0.15, 0.2) is 48.8 Å². The van der Waals surface area contributed by atoms with E-state index in [9.17, 15) is 14.5 Å². The average Bonchev–Trinajstić information content (AvgIpc) is 3.31. The Labute approximate surface area is 188 Å². The van der Waals surface area contributed by atoms with Crippen molar-refractivity contribution in [3.05, 3.63) is 70.3 Å². The first-order valence-electron chi connectivity index (χ1n) is 10.5. The monoisotopic (exact) mass is 452 g/mol. The van der Waals surface area contributed by atoms with Gasteiger partial charge in [0.25, 0.3) is 0 Å². The van der Waals surface area contributed by atoms with Crippen LogP contribution in [0.5, 0.6) is 11.5 Å². The first-order valence-corrected chi connectivity index (χ1v) is 10.5. The van der Waals surface area contributed by atoms with Crippen molar-refractivity contribution < 1.29 is 18.8 Å². The van der Waals surface area contributed by atoms with E-state index in [1.807, 2.05) is 21.9 Å². The minimum absolute atomic E-state index is 0.138. The van der Waals surface area contributed by atoms with E-state index in [1.165, 1.54) is 12.4 Å². The van der Waals surface area contributed by atoms with Gasteiger partial charge in [-0.3, -0.25) is 10.1 Å². The van der Waals surface area contributed by atoms with E-state index in [-0.39, 0.29) is 29.9 Å². The molecule has 0 atom stereocenters. The van der Waals surface area contributed by atoms with Gasteiger partial charge >= 0.3 is 5.69 Å². The molecule has 0 aliphatic carbocycles. The summed E-state index contributed by atoms with van der Waals surface area (Å²) in [6, 6.07) is 12.1. The van der Waals surface area contributed by atoms with Crippen molar-refractivity contribution in [2.45, 2.75) is 6.54 Å². The quantitative estimate of drug-likeness (QED) is 0.446. The Morgan fingerprint density at radius 1 is 1.03 bits per heavy atom. The van der Waals surface area contributed by atoms with E-state index in [0.717, 1.165) is 5.56 Å². The van der Waals surface area contributed by atoms with Gasteiger partial charge in [-0.15, -0.1) is 0 Å². The van der Waals surface area contributed by atoms with Gasteiger partial charge in [-0.2, -0.15) is 0 Å². The number of nitro groups is 1. The third-order valence-corrected chi connectivity index (χ3v) is 5.65. The van der Waals surface area contributed by atoms with Crippen molar-refractivity contribution in [1.82, 2.24) is 9.97 Å². The molecule has 0 amide bonds. The van der Waals surface area contributed by atoms with Gasteiger partial charge in [0, 0.05) is 32.7 Å². The van der Waals surface area contributed by atoms with Crippen LogP contribution in [-0.2, 0) is 6.54 Å². The van der Waals surface area contributed by atoms with Gasteiger partial charge in [0.15, 0.2) is 11.5 Å². The summed E-state index contributed by atoms with van der Waals surface area (Å²) in [5.41, 5.74) is 1.21. The topological polar surface area (TPSA) is 106 Å². The number of nitrogens with one attached hydrogen (secondary N) is 1. The minimum Gasteiger partial charge on any atom is -0.454 e. The number of hydrogen-bond acceptors (Lipinski definition) is 9. The molecule has 0 bridgehead atoms. The average molecular weight is 452 g/mol. The highest BCUT2D eigenvalue weighted by molar-refractivity contribution is 5.71. The standard InChI is InChI=1S/C22H21FN6O4/c23-16-3-1-2-4-17(16)27-7-9-28(10-8-27)22-20(29(30)31)21(25-13-26-22)24-12-15-5-6-18-19(11-15)33-14-32-18/h1-6,11,13H,7-10,12,14H2,(H,24,25,26). The Morgan fingerprint density at radius 3 is 2.58 bits per heavy atom. The fraction of sp³-hybridized carbons (Fsp3) is 0.273. The van der Waals surface area contributed by atoms with Crippen LogP contribution in [0.2, 0.25) is 0 Å². The highest BCUT2D eigenvalue weighted by atomic mass is 19.1. The number of benzene rings is 2. The first-order chi connectivity index (χ1) is 16.1. The Hall–Kier alpha value is -4.15. The van der Waals surface area contributed by atoms with Crippen LogP contribution in [0.3, 0.4) is 0 Å². The SMILES string of the molecule is O=[N+]([O-])c1c(NCc2ccc3c(c2)OCO3)ncnc1N1CCN(c2ccccc2F)CC1. The smallest absolute Gasteiger partial charge is 0.353 e. The van der Waals surface area contributed by atoms with Gasteiger partial charge in [-0.1, -0.05) is 18.2 Å². The van der Waals surface area contributed by atoms with Crippen molar-refractivity contribution in [2.24, 2.45) is 0 Å². The summed E-state index contributed by atoms with van der Waals surface area (Å²) < 4.78 is 24.8. The lowest BCUT2D eigenvalue weighted by Gasteiger charge is -2.36. The summed E-state index contributed by atoms with van der Waals surface area (Å²) >= 11 is 0. The molecular weight excluding hydrogens is 431 g/mol. The summed E-state index contributed by atoms with van der Waals surface area (Å²) in [5.74, 6) is 1.41. The van der Waals surface area contributed by atoms with Crippen LogP contribution < -0.4 is 24.6 Å². The number of anilines is 3. The van der Waals surface area contributed by atoms with Crippen LogP contribution in [0.1, 0.15) is 5.56 Å². The predicted octanol–water partition coefficient (Wildman–Crippen LogP) is 3.19. The molecule has 2 aromatic carbocycles. The van der Waals surface area contributed by atoms with E-state index in [2.05, 4.69) is 15.3 Å². The number of fused-ring (bicyclic) bond motifs is 1. The summed E-state index contributed by atoms with van der Waals surface area (Å²) in [4.78, 5) is 23.6. The summed E-state index contributed by atoms with van der Waals surface area (Å²) in [6.45, 7) is 2.46. The molecule has 3 aromatic rings. The maximum absolute atomic E-state index is 14.1. The lowest BCUT2D eigenvalue weighted by Crippen LogP contribution is -2.47. The molecule has 1 N–H and O–H groups in total. The molecule has 170 valence electrons. The number of rotatable bonds is 6. The number of para-hydroxylation sites is 1. The molecular formula is C22H21FN6O4. The fourth-order valence-electron chi connectivity index (χ4n) is 4.00. The predicted molar refractivity (Wildman–Crippen MR) is 119 cm³/mol. The third-order valence-electron chi connectivity index (χ3n) is 5.65. The zero-order valence-electron chi connectivity index (χ0n) is 17.6. The maximum Gasteiger partial charge on any atom is 0.353 e. The van der Waals surface area contributed by atoms with Crippen LogP contribution in [0.25, 0.3) is 0 Å². The number of ether oxygens (including phenoxy) is 2. The summed E-state index contributed by atoms with van der Waals surface area (Å²) in [5, 5.41) is 15.0. The number of hydrogen-bond donors (Lipinski definition) is 1. The third kappa shape index (κ3) is 4.16. The molecule has 0 unspecified atom stereocenters. The van der Waals surface area contributed by atoms with Crippen molar-refractivity contribution in [2.75, 3.05) is 48.1 Å². The minimum atomic E-state index is -0.472. The van der Waals surface area contributed by atoms with Crippen molar-refractivity contribution in [3.8, 4) is 11.5 Å². The Bertz CT molecular complexity index is 1190. The van der Waals surface area contributed by atoms with Gasteiger partial charge in [0.05, 0.1) is 10.6 Å². The van der Waals surface area contributed by atoms with Crippen LogP contribution in [-0.4, -0.2) is 47.9 Å². The Kier molecular flexibility index (Phi) is 5.51. The number of aromatic nitrogens is 2. The molecule has 0 radical (unpaired) electrons. The largest absolute Gasteiger partial charge is 0.454 e. The van der Waals surface area contributed by atoms with Crippen molar-refractivity contribution in [1.29, 1.82) is 0 Å². The van der Waals surface area contributed by atoms with Gasteiger partial charge in [-0.25, -0.2) is 14.4 Å². The molecule has 2 aliphatic rings. The molecule has 0 spiro atoms. The van der Waals surface area contributed by atoms with E-state index in [1.54, 1.807) is 24.3 Å². The Balaban J connectivity index is 1.32. The van der Waals surface area contributed by atoms with E-state index in [0.29, 0.717) is 49.9 Å². The van der Waals surface area contributed by atoms with Crippen LogP contribution in [0, 0.1) is 15.9 Å². The lowest BCUT2D eigenvalue weighted by molar-refractivity contribution is -0.383. The van der Waals surface area contributed by atoms with Crippen LogP contribution >= 0.6 is 0 Å². The fourth-order valence-corrected chi connectivity index (χ4v) is 4.00. The van der Waals surface area contributed by atoms with Crippen LogP contribution in [0.4, 0.5) is 27.4 Å². The lowest BCUT2D eigenvalue weighted by atomic mass is 10.2. The second-order valence-electron chi connectivity index (χ2n) is 7.62. The summed E-state index contributed by atoms with van der Waals surface area (Å²) in [7, 11) is 0. The molecule has 1 fully saturated rings. The highest BCUT2D eigenvalue weighted by Crippen LogP contribution is 2.35. The molecule has 5 rings (SSSR count). The molecule has 10 nitrogen and oxygen atoms in total. The zero-order chi connectivity index (χ0) is 22.8. The number of halogens is 1. The van der Waals surface area contributed by atoms with Crippen molar-refractivity contribution in [3.63, 3.8) is 0 Å². The molecule has 1 saturated heterocycles. The first kappa shape index (κ1) is 20.7. The second kappa shape index (κ2) is 8.77. The highest BCUT2D eigenvalue weighted by Gasteiger charge is 2.29. The molecule has 1 aromatic heterocycles. The second-order valence-corrected chi connectivity index (χ2v) is 7.62. The van der Waals surface area contributed by atoms with Crippen molar-refractivity contribution >= 4 is 23.0 Å². The molecule has 2 aliphatic heterocycles. The molecule has 3 heterocycles. The van der Waals surface area contributed by atoms with E-state index < -0.39 is 4.92 Å². The molecule has 0 saturated carbocycles. The van der Waals surface area contributed by atoms with E-state index >= 15 is 0 Å². The zero-order valence-corrected chi connectivity index (χ0v) is 17.6. The van der Waals surface area contributed by atoms with Gasteiger partial charge < -0.3 is 24.6 Å². The number of nitrogens with zero attached hydrogens (tertiary/aromatic N) is 5. The van der Waals surface area contributed by atoms with Gasteiger partial charge in [-0.05, 0) is 29.8 Å². The molecule has 11 heteroatoms. The number of piperazine rings is 1. The van der Waals surface area contributed by atoms with E-state index in [4.69, 9.17) is 9.47 Å². The van der Waals surface area contributed by atoms with Gasteiger partial charge in [0.2, 0.25) is 18.4 Å². The Morgan fingerprint density at radius 2 is 1.79 bits per heavy atom.